The second kappa shape index (κ2) is 10.2. The van der Waals surface area contributed by atoms with Gasteiger partial charge < -0.3 is 10.0 Å². The Balaban J connectivity index is 0.000000406. The van der Waals surface area contributed by atoms with Gasteiger partial charge in [0.2, 0.25) is 16.0 Å². The van der Waals surface area contributed by atoms with Crippen LogP contribution in [0.15, 0.2) is 29.2 Å². The van der Waals surface area contributed by atoms with E-state index >= 15 is 0 Å². The molecule has 0 unspecified atom stereocenters. The predicted molar refractivity (Wildman–Crippen MR) is 114 cm³/mol. The second-order valence-electron chi connectivity index (χ2n) is 7.89. The van der Waals surface area contributed by atoms with E-state index in [0.717, 1.165) is 48.8 Å². The third-order valence-corrected chi connectivity index (χ3v) is 7.49. The van der Waals surface area contributed by atoms with Gasteiger partial charge in [-0.25, -0.2) is 27.6 Å². The number of fused-ring (bicyclic) bond motifs is 1. The zero-order valence-electron chi connectivity index (χ0n) is 18.3. The van der Waals surface area contributed by atoms with Gasteiger partial charge in [-0.1, -0.05) is 0 Å². The van der Waals surface area contributed by atoms with E-state index in [1.54, 1.807) is 0 Å². The first-order chi connectivity index (χ1) is 15.9. The monoisotopic (exact) mass is 504 g/mol. The van der Waals surface area contributed by atoms with E-state index in [2.05, 4.69) is 9.88 Å². The summed E-state index contributed by atoms with van der Waals surface area (Å²) in [5.74, 6) is -2.44. The van der Waals surface area contributed by atoms with Crippen molar-refractivity contribution in [2.24, 2.45) is 0 Å². The molecule has 4 rings (SSSR count). The smallest absolute Gasteiger partial charge is 0.475 e. The highest BCUT2D eigenvalue weighted by Crippen LogP contribution is 2.25. The van der Waals surface area contributed by atoms with Crippen molar-refractivity contribution in [1.82, 2.24) is 14.3 Å². The molecule has 1 N–H and O–H groups in total. The van der Waals surface area contributed by atoms with E-state index < -0.39 is 28.0 Å². The number of anilines is 1. The van der Waals surface area contributed by atoms with Gasteiger partial charge in [0.1, 0.15) is 5.82 Å². The van der Waals surface area contributed by atoms with Crippen molar-refractivity contribution >= 4 is 21.9 Å². The summed E-state index contributed by atoms with van der Waals surface area (Å²) in [6, 6.07) is 4.99. The molecule has 2 aliphatic heterocycles. The fourth-order valence-corrected chi connectivity index (χ4v) is 5.25. The van der Waals surface area contributed by atoms with Crippen LogP contribution in [0, 0.1) is 12.7 Å². The van der Waals surface area contributed by atoms with Crippen molar-refractivity contribution in [1.29, 1.82) is 0 Å². The van der Waals surface area contributed by atoms with E-state index in [1.165, 1.54) is 28.6 Å². The molecular weight excluding hydrogens is 480 g/mol. The maximum atomic E-state index is 13.1. The summed E-state index contributed by atoms with van der Waals surface area (Å²) >= 11 is 0. The van der Waals surface area contributed by atoms with Gasteiger partial charge in [0.25, 0.3) is 0 Å². The van der Waals surface area contributed by atoms with E-state index in [-0.39, 0.29) is 4.90 Å². The maximum absolute atomic E-state index is 13.1. The first-order valence-electron chi connectivity index (χ1n) is 10.6. The van der Waals surface area contributed by atoms with E-state index in [0.29, 0.717) is 25.9 Å². The third-order valence-electron chi connectivity index (χ3n) is 5.58. The Kier molecular flexibility index (Phi) is 7.76. The number of halogens is 4. The van der Waals surface area contributed by atoms with Crippen molar-refractivity contribution in [2.75, 3.05) is 31.1 Å². The van der Waals surface area contributed by atoms with Crippen molar-refractivity contribution in [2.45, 2.75) is 43.7 Å². The Morgan fingerprint density at radius 3 is 2.12 bits per heavy atom. The summed E-state index contributed by atoms with van der Waals surface area (Å²) in [4.78, 5) is 20.6. The van der Waals surface area contributed by atoms with Crippen LogP contribution in [0.3, 0.4) is 0 Å². The molecular formula is C21H24F4N4O4S. The van der Waals surface area contributed by atoms with E-state index in [4.69, 9.17) is 14.9 Å². The number of hydrogen-bond donors (Lipinski definition) is 1. The number of alkyl halides is 3. The molecule has 186 valence electrons. The van der Waals surface area contributed by atoms with Crippen molar-refractivity contribution in [3.05, 3.63) is 47.0 Å². The van der Waals surface area contributed by atoms with Crippen LogP contribution >= 0.6 is 0 Å². The van der Waals surface area contributed by atoms with Gasteiger partial charge in [0, 0.05) is 38.3 Å². The Hall–Kier alpha value is -2.80. The normalized spacial score (nSPS) is 16.9. The number of hydrogen-bond acceptors (Lipinski definition) is 6. The van der Waals surface area contributed by atoms with Gasteiger partial charge in [0.15, 0.2) is 0 Å². The molecule has 0 spiro atoms. The molecule has 1 saturated heterocycles. The SMILES string of the molecule is Cc1nc(N2CCCC2)nc2c1CCN(S(=O)(=O)c1ccc(F)cc1)CC2.O=C(O)C(F)(F)F. The minimum Gasteiger partial charge on any atom is -0.475 e. The van der Waals surface area contributed by atoms with Crippen molar-refractivity contribution in [3.8, 4) is 0 Å². The van der Waals surface area contributed by atoms with Crippen molar-refractivity contribution in [3.63, 3.8) is 0 Å². The molecule has 0 atom stereocenters. The summed E-state index contributed by atoms with van der Waals surface area (Å²) < 4.78 is 72.2. The minimum atomic E-state index is -5.08. The first kappa shape index (κ1) is 25.8. The molecule has 8 nitrogen and oxygen atoms in total. The van der Waals surface area contributed by atoms with Gasteiger partial charge in [-0.15, -0.1) is 0 Å². The lowest BCUT2D eigenvalue weighted by molar-refractivity contribution is -0.192. The van der Waals surface area contributed by atoms with Crippen LogP contribution in [-0.4, -0.2) is 66.1 Å². The zero-order valence-corrected chi connectivity index (χ0v) is 19.2. The molecule has 34 heavy (non-hydrogen) atoms. The van der Waals surface area contributed by atoms with E-state index in [1.807, 2.05) is 6.92 Å². The highest BCUT2D eigenvalue weighted by Gasteiger charge is 2.38. The molecule has 1 fully saturated rings. The number of benzene rings is 1. The van der Waals surface area contributed by atoms with E-state index in [9.17, 15) is 26.0 Å². The largest absolute Gasteiger partial charge is 0.490 e. The summed E-state index contributed by atoms with van der Waals surface area (Å²) in [5, 5.41) is 7.12. The quantitative estimate of drug-likeness (QED) is 0.641. The highest BCUT2D eigenvalue weighted by molar-refractivity contribution is 7.89. The summed E-state index contributed by atoms with van der Waals surface area (Å²) in [6.07, 6.45) is -1.63. The molecule has 0 radical (unpaired) electrons. The molecule has 0 bridgehead atoms. The molecule has 1 aromatic heterocycles. The Bertz CT molecular complexity index is 1130. The summed E-state index contributed by atoms with van der Waals surface area (Å²) in [7, 11) is -3.65. The second-order valence-corrected chi connectivity index (χ2v) is 9.83. The fourth-order valence-electron chi connectivity index (χ4n) is 3.80. The lowest BCUT2D eigenvalue weighted by Gasteiger charge is -2.19. The van der Waals surface area contributed by atoms with Crippen LogP contribution in [0.4, 0.5) is 23.5 Å². The lowest BCUT2D eigenvalue weighted by Crippen LogP contribution is -2.33. The van der Waals surface area contributed by atoms with Crippen LogP contribution in [0.1, 0.15) is 29.8 Å². The van der Waals surface area contributed by atoms with Crippen LogP contribution in [0.5, 0.6) is 0 Å². The van der Waals surface area contributed by atoms with Gasteiger partial charge in [-0.05, 0) is 56.0 Å². The average molecular weight is 505 g/mol. The highest BCUT2D eigenvalue weighted by atomic mass is 32.2. The van der Waals surface area contributed by atoms with Gasteiger partial charge in [0.05, 0.1) is 10.6 Å². The Morgan fingerprint density at radius 1 is 1.00 bits per heavy atom. The lowest BCUT2D eigenvalue weighted by atomic mass is 10.1. The Morgan fingerprint density at radius 2 is 1.56 bits per heavy atom. The molecule has 0 amide bonds. The maximum Gasteiger partial charge on any atom is 0.490 e. The van der Waals surface area contributed by atoms with Crippen LogP contribution in [0.2, 0.25) is 0 Å². The predicted octanol–water partition coefficient (Wildman–Crippen LogP) is 2.95. The van der Waals surface area contributed by atoms with Gasteiger partial charge in [-0.3, -0.25) is 0 Å². The molecule has 2 aromatic rings. The number of nitrogens with zero attached hydrogens (tertiary/aromatic N) is 4. The number of aryl methyl sites for hydroxylation is 1. The average Bonchev–Trinajstić information content (AvgIpc) is 3.20. The number of carboxylic acids is 1. The molecule has 3 heterocycles. The number of aromatic nitrogens is 2. The number of carboxylic acid groups (broad SMARTS) is 1. The van der Waals surface area contributed by atoms with Gasteiger partial charge >= 0.3 is 12.1 Å². The van der Waals surface area contributed by atoms with Crippen LogP contribution in [0.25, 0.3) is 0 Å². The number of carbonyl (C=O) groups is 1. The van der Waals surface area contributed by atoms with Crippen molar-refractivity contribution < 1.29 is 35.9 Å². The third kappa shape index (κ3) is 6.00. The number of aliphatic carboxylic acids is 1. The fraction of sp³-hybridized carbons (Fsp3) is 0.476. The minimum absolute atomic E-state index is 0.121. The summed E-state index contributed by atoms with van der Waals surface area (Å²) in [5.41, 5.74) is 2.93. The Labute approximate surface area is 194 Å². The van der Waals surface area contributed by atoms with Crippen LogP contribution < -0.4 is 4.90 Å². The van der Waals surface area contributed by atoms with Crippen LogP contribution in [-0.2, 0) is 27.7 Å². The number of sulfonamides is 1. The topological polar surface area (TPSA) is 104 Å². The molecule has 13 heteroatoms. The first-order valence-corrected chi connectivity index (χ1v) is 12.0. The molecule has 0 aliphatic carbocycles. The van der Waals surface area contributed by atoms with Gasteiger partial charge in [-0.2, -0.15) is 17.5 Å². The zero-order chi connectivity index (χ0) is 25.1. The molecule has 1 aromatic carbocycles. The standard InChI is InChI=1S/C19H23FN4O2S.C2HF3O2/c1-14-17-8-12-24(27(25,26)16-6-4-15(20)5-7-16)13-9-18(17)22-19(21-14)23-10-2-3-11-23;3-2(4,5)1(6)7/h4-7H,2-3,8-13H2,1H3;(H,6,7). The summed E-state index contributed by atoms with van der Waals surface area (Å²) in [6.45, 7) is 4.67. The number of rotatable bonds is 3. The molecule has 2 aliphatic rings. The molecule has 0 saturated carbocycles.